The minimum Gasteiger partial charge on any atom is -0.374 e. The molecular weight excluding hydrogens is 353 g/mol. The van der Waals surface area contributed by atoms with Crippen LogP contribution in [0.1, 0.15) is 23.6 Å². The second-order valence-corrected chi connectivity index (χ2v) is 6.28. The number of benzene rings is 2. The lowest BCUT2D eigenvalue weighted by molar-refractivity contribution is -0.137. The first kappa shape index (κ1) is 19.1. The van der Waals surface area contributed by atoms with Crippen LogP contribution in [-0.4, -0.2) is 11.9 Å². The van der Waals surface area contributed by atoms with Gasteiger partial charge in [-0.25, -0.2) is 0 Å². The zero-order valence-electron chi connectivity index (χ0n) is 14.0. The lowest BCUT2D eigenvalue weighted by Crippen LogP contribution is -2.32. The van der Waals surface area contributed by atoms with Gasteiger partial charge in [-0.3, -0.25) is 4.79 Å². The number of hydrogen-bond donors (Lipinski definition) is 2. The second-order valence-electron chi connectivity index (χ2n) is 5.84. The molecule has 2 rings (SSSR count). The summed E-state index contributed by atoms with van der Waals surface area (Å²) in [6.07, 6.45) is -4.61. The fraction of sp³-hybridized carbons (Fsp3) is 0.278. The predicted octanol–water partition coefficient (Wildman–Crippen LogP) is 5.41. The summed E-state index contributed by atoms with van der Waals surface area (Å²) in [5.41, 5.74) is 1.58. The highest BCUT2D eigenvalue weighted by atomic mass is 35.5. The Bertz CT molecular complexity index is 790. The number of nitrogens with one attached hydrogen (secondary N) is 2. The molecule has 0 bridgehead atoms. The van der Waals surface area contributed by atoms with Crippen LogP contribution in [0.3, 0.4) is 0 Å². The van der Waals surface area contributed by atoms with E-state index in [0.29, 0.717) is 0 Å². The molecule has 1 unspecified atom stereocenters. The van der Waals surface area contributed by atoms with Crippen molar-refractivity contribution in [1.82, 2.24) is 0 Å². The molecule has 0 aliphatic heterocycles. The third-order valence-electron chi connectivity index (χ3n) is 3.83. The second kappa shape index (κ2) is 7.35. The molecule has 0 aliphatic carbocycles. The number of rotatable bonds is 4. The molecule has 0 saturated heterocycles. The summed E-state index contributed by atoms with van der Waals surface area (Å²) in [5.74, 6) is -0.578. The van der Waals surface area contributed by atoms with E-state index in [9.17, 15) is 18.0 Å². The molecule has 134 valence electrons. The average Bonchev–Trinajstić information content (AvgIpc) is 2.51. The summed E-state index contributed by atoms with van der Waals surface area (Å²) in [6.45, 7) is 5.48. The Morgan fingerprint density at radius 2 is 1.76 bits per heavy atom. The Morgan fingerprint density at radius 1 is 1.08 bits per heavy atom. The van der Waals surface area contributed by atoms with Gasteiger partial charge in [-0.05, 0) is 62.2 Å². The van der Waals surface area contributed by atoms with Gasteiger partial charge >= 0.3 is 6.18 Å². The van der Waals surface area contributed by atoms with Crippen molar-refractivity contribution in [1.29, 1.82) is 0 Å². The molecule has 7 heteroatoms. The van der Waals surface area contributed by atoms with Gasteiger partial charge in [-0.15, -0.1) is 0 Å². The molecule has 0 aromatic heterocycles. The van der Waals surface area contributed by atoms with Crippen LogP contribution < -0.4 is 10.6 Å². The van der Waals surface area contributed by atoms with E-state index in [4.69, 9.17) is 11.6 Å². The third kappa shape index (κ3) is 4.89. The van der Waals surface area contributed by atoms with E-state index in [1.165, 1.54) is 6.07 Å². The molecular formula is C18H18ClF3N2O. The lowest BCUT2D eigenvalue weighted by atomic mass is 10.1. The van der Waals surface area contributed by atoms with Gasteiger partial charge in [-0.1, -0.05) is 17.7 Å². The molecule has 25 heavy (non-hydrogen) atoms. The summed E-state index contributed by atoms with van der Waals surface area (Å²) >= 11 is 5.63. The number of carbonyl (C=O) groups is 1. The Morgan fingerprint density at radius 3 is 2.36 bits per heavy atom. The van der Waals surface area contributed by atoms with E-state index < -0.39 is 23.7 Å². The van der Waals surface area contributed by atoms with Crippen molar-refractivity contribution < 1.29 is 18.0 Å². The Labute approximate surface area is 149 Å². The van der Waals surface area contributed by atoms with Gasteiger partial charge in [0.15, 0.2) is 0 Å². The Hall–Kier alpha value is -2.21. The van der Waals surface area contributed by atoms with Crippen molar-refractivity contribution in [2.45, 2.75) is 33.0 Å². The van der Waals surface area contributed by atoms with Crippen LogP contribution in [0.2, 0.25) is 5.02 Å². The lowest BCUT2D eigenvalue weighted by Gasteiger charge is -2.18. The van der Waals surface area contributed by atoms with E-state index in [1.807, 2.05) is 32.0 Å². The maximum atomic E-state index is 13.1. The van der Waals surface area contributed by atoms with Gasteiger partial charge in [0, 0.05) is 10.7 Å². The van der Waals surface area contributed by atoms with Crippen LogP contribution in [0.25, 0.3) is 0 Å². The zero-order chi connectivity index (χ0) is 18.8. The molecule has 1 amide bonds. The maximum absolute atomic E-state index is 13.1. The van der Waals surface area contributed by atoms with Crippen LogP contribution in [0.4, 0.5) is 24.5 Å². The Balaban J connectivity index is 2.15. The number of amides is 1. The standard InChI is InChI=1S/C18H18ClF3N2O/c1-10-4-6-14(8-11(10)2)23-12(3)17(25)24-16-7-5-13(19)9-15(16)18(20,21)22/h4-9,12,23H,1-3H3,(H,24,25). The SMILES string of the molecule is Cc1ccc(NC(C)C(=O)Nc2ccc(Cl)cc2C(F)(F)F)cc1C. The van der Waals surface area contributed by atoms with Crippen molar-refractivity contribution in [2.24, 2.45) is 0 Å². The van der Waals surface area contributed by atoms with Crippen LogP contribution in [0, 0.1) is 13.8 Å². The van der Waals surface area contributed by atoms with Crippen LogP contribution in [0.5, 0.6) is 0 Å². The molecule has 2 N–H and O–H groups in total. The first-order valence-corrected chi connectivity index (χ1v) is 7.97. The molecule has 2 aromatic carbocycles. The van der Waals surface area contributed by atoms with Crippen molar-refractivity contribution in [2.75, 3.05) is 10.6 Å². The van der Waals surface area contributed by atoms with Gasteiger partial charge in [-0.2, -0.15) is 13.2 Å². The van der Waals surface area contributed by atoms with Gasteiger partial charge in [0.25, 0.3) is 0 Å². The summed E-state index contributed by atoms with van der Waals surface area (Å²) in [7, 11) is 0. The number of carbonyl (C=O) groups excluding carboxylic acids is 1. The Kier molecular flexibility index (Phi) is 5.62. The minimum atomic E-state index is -4.61. The van der Waals surface area contributed by atoms with E-state index in [0.717, 1.165) is 28.9 Å². The third-order valence-corrected chi connectivity index (χ3v) is 4.06. The topological polar surface area (TPSA) is 41.1 Å². The monoisotopic (exact) mass is 370 g/mol. The maximum Gasteiger partial charge on any atom is 0.418 e. The molecule has 0 heterocycles. The van der Waals surface area contributed by atoms with Crippen molar-refractivity contribution in [3.8, 4) is 0 Å². The normalized spacial score (nSPS) is 12.6. The van der Waals surface area contributed by atoms with Crippen LogP contribution in [-0.2, 0) is 11.0 Å². The van der Waals surface area contributed by atoms with Crippen molar-refractivity contribution in [3.63, 3.8) is 0 Å². The number of aryl methyl sites for hydroxylation is 2. The van der Waals surface area contributed by atoms with E-state index in [2.05, 4.69) is 10.6 Å². The van der Waals surface area contributed by atoms with Gasteiger partial charge in [0.1, 0.15) is 6.04 Å². The fourth-order valence-corrected chi connectivity index (χ4v) is 2.42. The molecule has 2 aromatic rings. The smallest absolute Gasteiger partial charge is 0.374 e. The summed E-state index contributed by atoms with van der Waals surface area (Å²) < 4.78 is 39.3. The van der Waals surface area contributed by atoms with Gasteiger partial charge in [0.05, 0.1) is 11.3 Å². The van der Waals surface area contributed by atoms with E-state index >= 15 is 0 Å². The largest absolute Gasteiger partial charge is 0.418 e. The van der Waals surface area contributed by atoms with E-state index in [-0.39, 0.29) is 10.7 Å². The molecule has 0 fully saturated rings. The molecule has 0 aliphatic rings. The zero-order valence-corrected chi connectivity index (χ0v) is 14.7. The summed E-state index contributed by atoms with van der Waals surface area (Å²) in [6, 6.07) is 8.11. The average molecular weight is 371 g/mol. The summed E-state index contributed by atoms with van der Waals surface area (Å²) in [4.78, 5) is 12.3. The number of halogens is 4. The van der Waals surface area contributed by atoms with Crippen LogP contribution >= 0.6 is 11.6 Å². The molecule has 3 nitrogen and oxygen atoms in total. The molecule has 0 spiro atoms. The van der Waals surface area contributed by atoms with Crippen LogP contribution in [0.15, 0.2) is 36.4 Å². The molecule has 0 saturated carbocycles. The quantitative estimate of drug-likeness (QED) is 0.755. The minimum absolute atomic E-state index is 0.0494. The first-order valence-electron chi connectivity index (χ1n) is 7.59. The molecule has 1 atom stereocenters. The van der Waals surface area contributed by atoms with Crippen molar-refractivity contribution in [3.05, 3.63) is 58.1 Å². The molecule has 0 radical (unpaired) electrons. The fourth-order valence-electron chi connectivity index (χ4n) is 2.25. The van der Waals surface area contributed by atoms with E-state index in [1.54, 1.807) is 6.92 Å². The number of hydrogen-bond acceptors (Lipinski definition) is 2. The highest BCUT2D eigenvalue weighted by Gasteiger charge is 2.34. The number of alkyl halides is 3. The predicted molar refractivity (Wildman–Crippen MR) is 94.1 cm³/mol. The highest BCUT2D eigenvalue weighted by molar-refractivity contribution is 6.30. The van der Waals surface area contributed by atoms with Gasteiger partial charge < -0.3 is 10.6 Å². The van der Waals surface area contributed by atoms with Gasteiger partial charge in [0.2, 0.25) is 5.91 Å². The highest BCUT2D eigenvalue weighted by Crippen LogP contribution is 2.36. The van der Waals surface area contributed by atoms with Crippen molar-refractivity contribution >= 4 is 28.9 Å². The summed E-state index contributed by atoms with van der Waals surface area (Å²) in [5, 5.41) is 5.24. The first-order chi connectivity index (χ1) is 11.6. The number of anilines is 2.